The Balaban J connectivity index is 2.24. The molecule has 2 N–H and O–H groups in total. The maximum absolute atomic E-state index is 12.9. The molecule has 0 radical (unpaired) electrons. The van der Waals surface area contributed by atoms with Crippen LogP contribution in [0.25, 0.3) is 0 Å². The summed E-state index contributed by atoms with van der Waals surface area (Å²) in [6.07, 6.45) is -3.19. The molecule has 1 atom stereocenters. The molecule has 6 nitrogen and oxygen atoms in total. The molecule has 2 aromatic heterocycles. The molecule has 0 spiro atoms. The fourth-order valence-corrected chi connectivity index (χ4v) is 1.81. The Morgan fingerprint density at radius 3 is 2.52 bits per heavy atom. The first kappa shape index (κ1) is 17.1. The van der Waals surface area contributed by atoms with Gasteiger partial charge in [-0.3, -0.25) is 0 Å². The topological polar surface area (TPSA) is 74.4 Å². The number of hydrogen-bond acceptors (Lipinski definition) is 6. The van der Waals surface area contributed by atoms with Gasteiger partial charge in [-0.1, -0.05) is 0 Å². The number of aliphatic hydroxyl groups is 1. The average Bonchev–Trinajstić information content (AvgIpc) is 2.99. The van der Waals surface area contributed by atoms with Gasteiger partial charge in [0.25, 0.3) is 0 Å². The quantitative estimate of drug-likeness (QED) is 0.877. The zero-order chi connectivity index (χ0) is 17.3. The van der Waals surface area contributed by atoms with E-state index in [1.54, 1.807) is 26.2 Å². The maximum Gasteiger partial charge on any atom is 0.433 e. The molecular formula is C14H17F3N4O2. The van der Waals surface area contributed by atoms with Gasteiger partial charge >= 0.3 is 6.18 Å². The predicted octanol–water partition coefficient (Wildman–Crippen LogP) is 2.47. The van der Waals surface area contributed by atoms with Gasteiger partial charge in [0.2, 0.25) is 5.95 Å². The van der Waals surface area contributed by atoms with E-state index < -0.39 is 17.5 Å². The van der Waals surface area contributed by atoms with E-state index in [-0.39, 0.29) is 24.1 Å². The minimum absolute atomic E-state index is 0.104. The van der Waals surface area contributed by atoms with Crippen LogP contribution in [0.15, 0.2) is 28.9 Å². The molecule has 0 aliphatic carbocycles. The van der Waals surface area contributed by atoms with Gasteiger partial charge in [-0.15, -0.1) is 0 Å². The summed E-state index contributed by atoms with van der Waals surface area (Å²) < 4.78 is 43.8. The number of alkyl halides is 3. The monoisotopic (exact) mass is 330 g/mol. The summed E-state index contributed by atoms with van der Waals surface area (Å²) in [5.74, 6) is 0.160. The van der Waals surface area contributed by atoms with E-state index >= 15 is 0 Å². The van der Waals surface area contributed by atoms with Crippen LogP contribution >= 0.6 is 0 Å². The minimum Gasteiger partial charge on any atom is -0.466 e. The van der Waals surface area contributed by atoms with Crippen LogP contribution in [0.1, 0.15) is 18.4 Å². The molecule has 1 unspecified atom stereocenters. The van der Waals surface area contributed by atoms with E-state index in [2.05, 4.69) is 15.3 Å². The molecule has 126 valence electrons. The second-order valence-corrected chi connectivity index (χ2v) is 5.43. The Kier molecular flexibility index (Phi) is 4.51. The highest BCUT2D eigenvalue weighted by atomic mass is 19.4. The van der Waals surface area contributed by atoms with E-state index in [1.807, 2.05) is 0 Å². The number of hydrogen-bond donors (Lipinski definition) is 2. The Morgan fingerprint density at radius 1 is 1.30 bits per heavy atom. The Labute approximate surface area is 131 Å². The molecule has 0 saturated heterocycles. The lowest BCUT2D eigenvalue weighted by Crippen LogP contribution is -2.31. The predicted molar refractivity (Wildman–Crippen MR) is 78.1 cm³/mol. The third kappa shape index (κ3) is 4.13. The molecule has 0 aliphatic heterocycles. The summed E-state index contributed by atoms with van der Waals surface area (Å²) >= 11 is 0. The number of nitrogens with one attached hydrogen (secondary N) is 1. The number of halogens is 3. The lowest BCUT2D eigenvalue weighted by molar-refractivity contribution is -0.141. The van der Waals surface area contributed by atoms with Gasteiger partial charge in [-0.05, 0) is 19.1 Å². The first-order valence-corrected chi connectivity index (χ1v) is 6.73. The van der Waals surface area contributed by atoms with Crippen molar-refractivity contribution in [2.24, 2.45) is 0 Å². The van der Waals surface area contributed by atoms with E-state index in [9.17, 15) is 18.3 Å². The van der Waals surface area contributed by atoms with Gasteiger partial charge in [0.15, 0.2) is 5.69 Å². The zero-order valence-corrected chi connectivity index (χ0v) is 12.8. The first-order chi connectivity index (χ1) is 10.6. The maximum atomic E-state index is 12.9. The van der Waals surface area contributed by atoms with Crippen molar-refractivity contribution in [1.29, 1.82) is 0 Å². The number of nitrogens with zero attached hydrogens (tertiary/aromatic N) is 3. The van der Waals surface area contributed by atoms with Gasteiger partial charge in [0.1, 0.15) is 17.2 Å². The van der Waals surface area contributed by atoms with Gasteiger partial charge in [0.05, 0.1) is 12.8 Å². The third-order valence-corrected chi connectivity index (χ3v) is 3.10. The summed E-state index contributed by atoms with van der Waals surface area (Å²) in [5, 5.41) is 12.9. The van der Waals surface area contributed by atoms with Crippen molar-refractivity contribution in [1.82, 2.24) is 9.97 Å². The van der Waals surface area contributed by atoms with Crippen LogP contribution in [0.2, 0.25) is 0 Å². The summed E-state index contributed by atoms with van der Waals surface area (Å²) in [4.78, 5) is 8.89. The molecule has 0 aliphatic rings. The minimum atomic E-state index is -4.59. The van der Waals surface area contributed by atoms with Crippen LogP contribution in [0.5, 0.6) is 0 Å². The van der Waals surface area contributed by atoms with Crippen LogP contribution in [0.3, 0.4) is 0 Å². The fourth-order valence-electron chi connectivity index (χ4n) is 1.81. The van der Waals surface area contributed by atoms with Gasteiger partial charge in [-0.25, -0.2) is 4.98 Å². The zero-order valence-electron chi connectivity index (χ0n) is 12.8. The van der Waals surface area contributed by atoms with Crippen molar-refractivity contribution in [3.8, 4) is 0 Å². The Bertz CT molecular complexity index is 655. The van der Waals surface area contributed by atoms with Crippen molar-refractivity contribution < 1.29 is 22.7 Å². The highest BCUT2D eigenvalue weighted by molar-refractivity contribution is 5.44. The second kappa shape index (κ2) is 6.07. The molecule has 0 amide bonds. The number of rotatable bonds is 5. The lowest BCUT2D eigenvalue weighted by Gasteiger charge is -2.22. The van der Waals surface area contributed by atoms with Crippen LogP contribution in [0, 0.1) is 0 Å². The lowest BCUT2D eigenvalue weighted by atomic mass is 10.0. The van der Waals surface area contributed by atoms with Crippen LogP contribution in [-0.2, 0) is 11.8 Å². The first-order valence-electron chi connectivity index (χ1n) is 6.73. The molecule has 0 aromatic carbocycles. The number of anilines is 2. The number of aromatic nitrogens is 2. The molecule has 0 saturated carbocycles. The van der Waals surface area contributed by atoms with Gasteiger partial charge < -0.3 is 19.7 Å². The molecule has 9 heteroatoms. The highest BCUT2D eigenvalue weighted by Gasteiger charge is 2.34. The summed E-state index contributed by atoms with van der Waals surface area (Å²) in [5.41, 5.74) is -2.48. The van der Waals surface area contributed by atoms with Crippen molar-refractivity contribution in [2.75, 3.05) is 30.9 Å². The molecule has 2 aromatic rings. The van der Waals surface area contributed by atoms with E-state index in [4.69, 9.17) is 4.42 Å². The van der Waals surface area contributed by atoms with Gasteiger partial charge in [0, 0.05) is 20.2 Å². The molecule has 23 heavy (non-hydrogen) atoms. The molecule has 0 fully saturated rings. The summed E-state index contributed by atoms with van der Waals surface area (Å²) in [6, 6.07) is 4.03. The van der Waals surface area contributed by atoms with Crippen LogP contribution < -0.4 is 10.2 Å². The molecule has 0 bridgehead atoms. The van der Waals surface area contributed by atoms with E-state index in [0.29, 0.717) is 0 Å². The molecular weight excluding hydrogens is 313 g/mol. The van der Waals surface area contributed by atoms with Crippen molar-refractivity contribution >= 4 is 11.8 Å². The van der Waals surface area contributed by atoms with Gasteiger partial charge in [-0.2, -0.15) is 18.2 Å². The Hall–Kier alpha value is -2.29. The van der Waals surface area contributed by atoms with Crippen LogP contribution in [-0.4, -0.2) is 35.7 Å². The smallest absolute Gasteiger partial charge is 0.433 e. The largest absolute Gasteiger partial charge is 0.466 e. The third-order valence-electron chi connectivity index (χ3n) is 3.10. The SMILES string of the molecule is CN(C)c1cc(C(F)(F)F)nc(NCC(C)(O)c2ccco2)n1. The standard InChI is InChI=1S/C14H17F3N4O2/c1-13(22,10-5-4-6-23-10)8-18-12-19-9(14(15,16)17)7-11(20-12)21(2)3/h4-7,22H,8H2,1-3H3,(H,18,19,20). The Morgan fingerprint density at radius 2 is 2.00 bits per heavy atom. The van der Waals surface area contributed by atoms with E-state index in [0.717, 1.165) is 6.07 Å². The van der Waals surface area contributed by atoms with Crippen LogP contribution in [0.4, 0.5) is 24.9 Å². The number of furan rings is 1. The fraction of sp³-hybridized carbons (Fsp3) is 0.429. The summed E-state index contributed by atoms with van der Waals surface area (Å²) in [7, 11) is 3.15. The highest BCUT2D eigenvalue weighted by Crippen LogP contribution is 2.30. The summed E-state index contributed by atoms with van der Waals surface area (Å²) in [6.45, 7) is 1.36. The van der Waals surface area contributed by atoms with Crippen molar-refractivity contribution in [3.05, 3.63) is 35.9 Å². The molecule has 2 heterocycles. The molecule has 2 rings (SSSR count). The van der Waals surface area contributed by atoms with Crippen molar-refractivity contribution in [3.63, 3.8) is 0 Å². The second-order valence-electron chi connectivity index (χ2n) is 5.43. The van der Waals surface area contributed by atoms with Crippen molar-refractivity contribution in [2.45, 2.75) is 18.7 Å². The van der Waals surface area contributed by atoms with E-state index in [1.165, 1.54) is 18.1 Å². The average molecular weight is 330 g/mol. The normalized spacial score (nSPS) is 14.4.